The minimum absolute atomic E-state index is 0.0897. The van der Waals surface area contributed by atoms with E-state index in [-0.39, 0.29) is 12.5 Å². The molecule has 0 aliphatic heterocycles. The molecule has 0 saturated heterocycles. The van der Waals surface area contributed by atoms with Crippen LogP contribution < -0.4 is 14.8 Å². The van der Waals surface area contributed by atoms with Crippen LogP contribution in [0.3, 0.4) is 0 Å². The zero-order chi connectivity index (χ0) is 19.2. The van der Waals surface area contributed by atoms with Crippen LogP contribution in [-0.2, 0) is 4.79 Å². The van der Waals surface area contributed by atoms with Gasteiger partial charge >= 0.3 is 0 Å². The van der Waals surface area contributed by atoms with E-state index in [2.05, 4.69) is 15.3 Å². The van der Waals surface area contributed by atoms with Gasteiger partial charge in [-0.3, -0.25) is 9.78 Å². The van der Waals surface area contributed by atoms with Crippen LogP contribution in [0.4, 0.5) is 5.69 Å². The summed E-state index contributed by atoms with van der Waals surface area (Å²) >= 11 is 0. The Kier molecular flexibility index (Phi) is 5.11. The summed E-state index contributed by atoms with van der Waals surface area (Å²) in [6.07, 6.45) is 4.63. The van der Waals surface area contributed by atoms with Crippen LogP contribution >= 0.6 is 0 Å². The Bertz CT molecular complexity index is 1100. The maximum atomic E-state index is 12.2. The Morgan fingerprint density at radius 2 is 1.79 bits per heavy atom. The molecule has 28 heavy (non-hydrogen) atoms. The maximum Gasteiger partial charge on any atom is 0.262 e. The normalized spacial score (nSPS) is 10.4. The van der Waals surface area contributed by atoms with Crippen molar-refractivity contribution < 1.29 is 14.3 Å². The second-order valence-electron chi connectivity index (χ2n) is 6.02. The number of aromatic nitrogens is 2. The Hall–Kier alpha value is -3.93. The highest BCUT2D eigenvalue weighted by Crippen LogP contribution is 2.23. The molecular weight excluding hydrogens is 354 g/mol. The number of nitrogens with one attached hydrogen (secondary N) is 1. The molecule has 6 nitrogen and oxygen atoms in total. The number of carbonyl (C=O) groups excluding carboxylic acids is 1. The average Bonchev–Trinajstić information content (AvgIpc) is 2.73. The largest absolute Gasteiger partial charge is 0.484 e. The van der Waals surface area contributed by atoms with Crippen LogP contribution in [0, 0.1) is 0 Å². The Labute approximate surface area is 161 Å². The quantitative estimate of drug-likeness (QED) is 0.542. The van der Waals surface area contributed by atoms with Gasteiger partial charge < -0.3 is 14.8 Å². The molecule has 0 saturated carbocycles. The van der Waals surface area contributed by atoms with E-state index in [1.54, 1.807) is 36.7 Å². The number of amides is 1. The van der Waals surface area contributed by atoms with Gasteiger partial charge in [-0.25, -0.2) is 4.98 Å². The van der Waals surface area contributed by atoms with Crippen molar-refractivity contribution in [1.82, 2.24) is 9.97 Å². The Balaban J connectivity index is 1.36. The highest BCUT2D eigenvalue weighted by molar-refractivity contribution is 5.92. The Morgan fingerprint density at radius 3 is 2.64 bits per heavy atom. The fourth-order valence-electron chi connectivity index (χ4n) is 2.70. The molecule has 0 spiro atoms. The van der Waals surface area contributed by atoms with Gasteiger partial charge in [0.15, 0.2) is 6.61 Å². The maximum absolute atomic E-state index is 12.2. The number of nitrogens with zero attached hydrogens (tertiary/aromatic N) is 2. The highest BCUT2D eigenvalue weighted by atomic mass is 16.5. The lowest BCUT2D eigenvalue weighted by Gasteiger charge is -2.10. The van der Waals surface area contributed by atoms with Crippen molar-refractivity contribution in [3.63, 3.8) is 0 Å². The average molecular weight is 371 g/mol. The number of carbonyl (C=O) groups is 1. The van der Waals surface area contributed by atoms with Gasteiger partial charge in [-0.1, -0.05) is 36.4 Å². The van der Waals surface area contributed by atoms with Crippen LogP contribution in [0.2, 0.25) is 0 Å². The predicted octanol–water partition coefficient (Wildman–Crippen LogP) is 4.44. The molecule has 0 aliphatic carbocycles. The molecule has 4 rings (SSSR count). The molecule has 0 atom stereocenters. The summed E-state index contributed by atoms with van der Waals surface area (Å²) in [6, 6.07) is 20.8. The van der Waals surface area contributed by atoms with Gasteiger partial charge in [0.05, 0.1) is 6.20 Å². The van der Waals surface area contributed by atoms with E-state index >= 15 is 0 Å². The molecule has 0 aliphatic rings. The van der Waals surface area contributed by atoms with E-state index in [0.717, 1.165) is 10.8 Å². The lowest BCUT2D eigenvalue weighted by Crippen LogP contribution is -2.20. The van der Waals surface area contributed by atoms with Crippen LogP contribution in [0.15, 0.2) is 85.3 Å². The van der Waals surface area contributed by atoms with E-state index < -0.39 is 0 Å². The van der Waals surface area contributed by atoms with Gasteiger partial charge in [0.1, 0.15) is 11.5 Å². The number of anilines is 1. The molecule has 0 bridgehead atoms. The van der Waals surface area contributed by atoms with Gasteiger partial charge in [-0.05, 0) is 35.0 Å². The van der Waals surface area contributed by atoms with Crippen LogP contribution in [-0.4, -0.2) is 22.5 Å². The van der Waals surface area contributed by atoms with Crippen LogP contribution in [0.25, 0.3) is 10.8 Å². The second-order valence-corrected chi connectivity index (χ2v) is 6.02. The molecule has 0 unspecified atom stereocenters. The van der Waals surface area contributed by atoms with Crippen molar-refractivity contribution in [3.05, 3.63) is 85.3 Å². The van der Waals surface area contributed by atoms with E-state index in [1.165, 1.54) is 6.20 Å². The third kappa shape index (κ3) is 4.42. The van der Waals surface area contributed by atoms with E-state index in [0.29, 0.717) is 23.1 Å². The minimum Gasteiger partial charge on any atom is -0.484 e. The molecular formula is C22H17N3O3. The predicted molar refractivity (Wildman–Crippen MR) is 107 cm³/mol. The van der Waals surface area contributed by atoms with Gasteiger partial charge in [0.25, 0.3) is 5.91 Å². The Morgan fingerprint density at radius 1 is 0.893 bits per heavy atom. The van der Waals surface area contributed by atoms with E-state index in [4.69, 9.17) is 9.47 Å². The molecule has 4 aromatic rings. The molecule has 1 heterocycles. The summed E-state index contributed by atoms with van der Waals surface area (Å²) in [5.74, 6) is 1.32. The first-order chi connectivity index (χ1) is 13.8. The topological polar surface area (TPSA) is 73.3 Å². The summed E-state index contributed by atoms with van der Waals surface area (Å²) in [5.41, 5.74) is 0.605. The molecule has 1 aromatic heterocycles. The first kappa shape index (κ1) is 17.5. The number of benzene rings is 3. The van der Waals surface area contributed by atoms with Crippen molar-refractivity contribution >= 4 is 22.4 Å². The third-order valence-corrected chi connectivity index (χ3v) is 3.97. The SMILES string of the molecule is O=C(COc1ccc2ccccc2c1)Nc1cccc(Oc2cnccn2)c1. The molecule has 6 heteroatoms. The lowest BCUT2D eigenvalue weighted by molar-refractivity contribution is -0.118. The number of hydrogen-bond acceptors (Lipinski definition) is 5. The third-order valence-electron chi connectivity index (χ3n) is 3.97. The summed E-state index contributed by atoms with van der Waals surface area (Å²) < 4.78 is 11.2. The fraction of sp³-hybridized carbons (Fsp3) is 0.0455. The molecule has 3 aromatic carbocycles. The van der Waals surface area contributed by atoms with Gasteiger partial charge in [-0.15, -0.1) is 0 Å². The standard InChI is InChI=1S/C22H17N3O3/c26-21(15-27-19-9-8-16-4-1-2-5-17(16)12-19)25-18-6-3-7-20(13-18)28-22-14-23-10-11-24-22/h1-14H,15H2,(H,25,26). The van der Waals surface area contributed by atoms with Crippen molar-refractivity contribution in [1.29, 1.82) is 0 Å². The zero-order valence-electron chi connectivity index (χ0n) is 14.9. The summed E-state index contributed by atoms with van der Waals surface area (Å²) in [4.78, 5) is 20.2. The molecule has 0 radical (unpaired) electrons. The van der Waals surface area contributed by atoms with Crippen molar-refractivity contribution in [2.75, 3.05) is 11.9 Å². The monoisotopic (exact) mass is 371 g/mol. The number of rotatable bonds is 6. The number of fused-ring (bicyclic) bond motifs is 1. The first-order valence-corrected chi connectivity index (χ1v) is 8.72. The molecule has 0 fully saturated rings. The lowest BCUT2D eigenvalue weighted by atomic mass is 10.1. The molecule has 1 amide bonds. The smallest absolute Gasteiger partial charge is 0.262 e. The molecule has 138 valence electrons. The van der Waals surface area contributed by atoms with E-state index in [1.807, 2.05) is 42.5 Å². The number of ether oxygens (including phenoxy) is 2. The first-order valence-electron chi connectivity index (χ1n) is 8.72. The van der Waals surface area contributed by atoms with Crippen LogP contribution in [0.5, 0.6) is 17.4 Å². The van der Waals surface area contributed by atoms with Crippen molar-refractivity contribution in [2.45, 2.75) is 0 Å². The highest BCUT2D eigenvalue weighted by Gasteiger charge is 2.06. The summed E-state index contributed by atoms with van der Waals surface area (Å²) in [7, 11) is 0. The van der Waals surface area contributed by atoms with Gasteiger partial charge in [0.2, 0.25) is 5.88 Å². The minimum atomic E-state index is -0.259. The fourth-order valence-corrected chi connectivity index (χ4v) is 2.70. The van der Waals surface area contributed by atoms with Gasteiger partial charge in [-0.2, -0.15) is 0 Å². The molecule has 1 N–H and O–H groups in total. The van der Waals surface area contributed by atoms with Crippen molar-refractivity contribution in [3.8, 4) is 17.4 Å². The zero-order valence-corrected chi connectivity index (χ0v) is 14.9. The summed E-state index contributed by atoms with van der Waals surface area (Å²) in [6.45, 7) is -0.0897. The van der Waals surface area contributed by atoms with Crippen molar-refractivity contribution in [2.24, 2.45) is 0 Å². The van der Waals surface area contributed by atoms with E-state index in [9.17, 15) is 4.79 Å². The van der Waals surface area contributed by atoms with Gasteiger partial charge in [0, 0.05) is 24.1 Å². The second kappa shape index (κ2) is 8.18. The summed E-state index contributed by atoms with van der Waals surface area (Å²) in [5, 5.41) is 4.98. The number of hydrogen-bond donors (Lipinski definition) is 1. The van der Waals surface area contributed by atoms with Crippen LogP contribution in [0.1, 0.15) is 0 Å².